The van der Waals surface area contributed by atoms with Crippen molar-refractivity contribution in [1.29, 1.82) is 0 Å². The second-order valence-corrected chi connectivity index (χ2v) is 8.36. The summed E-state index contributed by atoms with van der Waals surface area (Å²) in [4.78, 5) is 27.0. The van der Waals surface area contributed by atoms with Crippen LogP contribution in [0.3, 0.4) is 0 Å². The number of carbonyl (C=O) groups is 2. The van der Waals surface area contributed by atoms with Crippen molar-refractivity contribution in [3.63, 3.8) is 0 Å². The highest BCUT2D eigenvalue weighted by atomic mass is 19.1. The molecule has 1 aliphatic heterocycles. The van der Waals surface area contributed by atoms with E-state index in [9.17, 15) is 14.0 Å². The molecule has 1 saturated carbocycles. The van der Waals surface area contributed by atoms with Gasteiger partial charge >= 0.3 is 0 Å². The summed E-state index contributed by atoms with van der Waals surface area (Å²) >= 11 is 0. The summed E-state index contributed by atoms with van der Waals surface area (Å²) in [6, 6.07) is 5.96. The van der Waals surface area contributed by atoms with Crippen LogP contribution < -0.4 is 11.1 Å². The van der Waals surface area contributed by atoms with Gasteiger partial charge in [0.15, 0.2) is 0 Å². The van der Waals surface area contributed by atoms with E-state index in [0.717, 1.165) is 0 Å². The van der Waals surface area contributed by atoms with Crippen LogP contribution in [-0.4, -0.2) is 54.1 Å². The van der Waals surface area contributed by atoms with E-state index in [1.165, 1.54) is 12.1 Å². The van der Waals surface area contributed by atoms with Gasteiger partial charge in [-0.25, -0.2) is 4.39 Å². The lowest BCUT2D eigenvalue weighted by atomic mass is 9.54. The van der Waals surface area contributed by atoms with Crippen molar-refractivity contribution in [1.82, 2.24) is 10.2 Å². The van der Waals surface area contributed by atoms with E-state index < -0.39 is 16.8 Å². The van der Waals surface area contributed by atoms with Crippen molar-refractivity contribution >= 4 is 11.8 Å². The molecule has 0 aromatic heterocycles. The van der Waals surface area contributed by atoms with Gasteiger partial charge in [0.05, 0.1) is 11.7 Å². The summed E-state index contributed by atoms with van der Waals surface area (Å²) in [7, 11) is 0. The zero-order valence-corrected chi connectivity index (χ0v) is 16.8. The molecule has 2 unspecified atom stereocenters. The number of ether oxygens (including phenoxy) is 1. The van der Waals surface area contributed by atoms with Crippen molar-refractivity contribution < 1.29 is 18.7 Å². The van der Waals surface area contributed by atoms with Crippen LogP contribution in [0, 0.1) is 11.2 Å². The van der Waals surface area contributed by atoms with E-state index in [4.69, 9.17) is 10.5 Å². The highest BCUT2D eigenvalue weighted by Gasteiger charge is 2.63. The molecule has 2 atom stereocenters. The number of nitrogens with one attached hydrogen (secondary N) is 1. The van der Waals surface area contributed by atoms with Gasteiger partial charge in [-0.05, 0) is 31.9 Å². The van der Waals surface area contributed by atoms with Crippen LogP contribution >= 0.6 is 0 Å². The molecule has 0 spiro atoms. The average molecular weight is 391 g/mol. The first-order valence-corrected chi connectivity index (χ1v) is 9.96. The van der Waals surface area contributed by atoms with Gasteiger partial charge in [0.25, 0.3) is 5.91 Å². The number of nitrogens with two attached hydrogens (primary N) is 1. The van der Waals surface area contributed by atoms with Crippen molar-refractivity contribution in [2.45, 2.75) is 57.7 Å². The molecule has 3 rings (SSSR count). The number of nitrogens with zero attached hydrogens (tertiary/aromatic N) is 1. The number of hydrogen-bond acceptors (Lipinski definition) is 4. The summed E-state index contributed by atoms with van der Waals surface area (Å²) in [5, 5.41) is 3.06. The first-order valence-electron chi connectivity index (χ1n) is 9.96. The molecule has 1 aliphatic carbocycles. The summed E-state index contributed by atoms with van der Waals surface area (Å²) < 4.78 is 19.5. The van der Waals surface area contributed by atoms with E-state index in [1.54, 1.807) is 17.0 Å². The molecule has 2 fully saturated rings. The Bertz CT molecular complexity index is 746. The van der Waals surface area contributed by atoms with Crippen LogP contribution in [0.2, 0.25) is 0 Å². The molecule has 7 heteroatoms. The molecular formula is C21H30FN3O3. The molecule has 2 aliphatic rings. The Morgan fingerprint density at radius 3 is 2.50 bits per heavy atom. The number of carbonyl (C=O) groups excluding carboxylic acids is 2. The van der Waals surface area contributed by atoms with E-state index in [0.29, 0.717) is 39.0 Å². The van der Waals surface area contributed by atoms with Crippen LogP contribution in [0.15, 0.2) is 24.3 Å². The number of amides is 2. The van der Waals surface area contributed by atoms with Crippen LogP contribution in [0.1, 0.15) is 50.4 Å². The number of halogens is 1. The molecule has 2 amide bonds. The monoisotopic (exact) mass is 391 g/mol. The lowest BCUT2D eigenvalue weighted by molar-refractivity contribution is -0.171. The number of piperidine rings is 1. The summed E-state index contributed by atoms with van der Waals surface area (Å²) in [5.74, 6) is -0.978. The Labute approximate surface area is 165 Å². The van der Waals surface area contributed by atoms with Gasteiger partial charge in [-0.1, -0.05) is 26.0 Å². The molecule has 1 aromatic rings. The highest BCUT2D eigenvalue weighted by Crippen LogP contribution is 2.49. The third kappa shape index (κ3) is 3.53. The zero-order chi connectivity index (χ0) is 20.5. The third-order valence-corrected chi connectivity index (χ3v) is 6.46. The molecule has 3 N–H and O–H groups in total. The lowest BCUT2D eigenvalue weighted by Crippen LogP contribution is -2.76. The number of benzene rings is 1. The first-order chi connectivity index (χ1) is 13.2. The van der Waals surface area contributed by atoms with Gasteiger partial charge in [-0.15, -0.1) is 0 Å². The Balaban J connectivity index is 1.54. The molecule has 28 heavy (non-hydrogen) atoms. The third-order valence-electron chi connectivity index (χ3n) is 6.46. The Hall–Kier alpha value is -1.99. The maximum absolute atomic E-state index is 13.9. The minimum Gasteiger partial charge on any atom is -0.378 e. The molecule has 1 aromatic carbocycles. The second-order valence-electron chi connectivity index (χ2n) is 8.36. The predicted octanol–water partition coefficient (Wildman–Crippen LogP) is 2.08. The van der Waals surface area contributed by atoms with Crippen molar-refractivity contribution in [3.05, 3.63) is 35.6 Å². The van der Waals surface area contributed by atoms with Crippen LogP contribution in [-0.2, 0) is 9.53 Å². The predicted molar refractivity (Wildman–Crippen MR) is 104 cm³/mol. The quantitative estimate of drug-likeness (QED) is 0.805. The smallest absolute Gasteiger partial charge is 0.256 e. The van der Waals surface area contributed by atoms with E-state index in [-0.39, 0.29) is 29.5 Å². The van der Waals surface area contributed by atoms with Crippen LogP contribution in [0.4, 0.5) is 4.39 Å². The maximum atomic E-state index is 13.9. The number of rotatable bonds is 5. The second kappa shape index (κ2) is 7.79. The number of likely N-dealkylation sites (tertiary alicyclic amines) is 1. The molecule has 0 bridgehead atoms. The number of hydrogen-bond donors (Lipinski definition) is 2. The van der Waals surface area contributed by atoms with E-state index >= 15 is 0 Å². The summed E-state index contributed by atoms with van der Waals surface area (Å²) in [6.07, 6.45) is 1.73. The maximum Gasteiger partial charge on any atom is 0.256 e. The van der Waals surface area contributed by atoms with Gasteiger partial charge in [-0.3, -0.25) is 9.59 Å². The Kier molecular flexibility index (Phi) is 5.77. The highest BCUT2D eigenvalue weighted by molar-refractivity contribution is 5.94. The molecular weight excluding hydrogens is 361 g/mol. The van der Waals surface area contributed by atoms with E-state index in [1.807, 2.05) is 20.8 Å². The summed E-state index contributed by atoms with van der Waals surface area (Å²) in [6.45, 7) is 7.41. The van der Waals surface area contributed by atoms with Crippen molar-refractivity contribution in [2.75, 3.05) is 19.7 Å². The van der Waals surface area contributed by atoms with E-state index in [2.05, 4.69) is 5.32 Å². The van der Waals surface area contributed by atoms with Crippen molar-refractivity contribution in [2.24, 2.45) is 11.1 Å². The molecule has 154 valence electrons. The largest absolute Gasteiger partial charge is 0.378 e. The molecule has 0 radical (unpaired) electrons. The van der Waals surface area contributed by atoms with Crippen molar-refractivity contribution in [3.8, 4) is 0 Å². The fourth-order valence-electron chi connectivity index (χ4n) is 4.17. The molecule has 1 saturated heterocycles. The van der Waals surface area contributed by atoms with Crippen LogP contribution in [0.5, 0.6) is 0 Å². The van der Waals surface area contributed by atoms with Gasteiger partial charge in [0.1, 0.15) is 11.4 Å². The van der Waals surface area contributed by atoms with Gasteiger partial charge in [-0.2, -0.15) is 0 Å². The standard InChI is InChI=1S/C21H30FN3O3/c1-4-28-17-13-21(23,20(17,2)3)19(27)24-14-9-11-25(12-10-14)18(26)15-7-5-6-8-16(15)22/h5-8,14,17H,4,9-13,23H2,1-3H3,(H,24,27). The topological polar surface area (TPSA) is 84.7 Å². The SMILES string of the molecule is CCOC1CC(N)(C(=O)NC2CCN(C(=O)c3ccccc3F)CC2)C1(C)C. The fraction of sp³-hybridized carbons (Fsp3) is 0.619. The Morgan fingerprint density at radius 2 is 1.93 bits per heavy atom. The zero-order valence-electron chi connectivity index (χ0n) is 16.8. The minimum absolute atomic E-state index is 0.0199. The lowest BCUT2D eigenvalue weighted by Gasteiger charge is -2.57. The minimum atomic E-state index is -0.951. The van der Waals surface area contributed by atoms with Gasteiger partial charge in [0.2, 0.25) is 5.91 Å². The normalized spacial score (nSPS) is 27.2. The Morgan fingerprint density at radius 1 is 1.29 bits per heavy atom. The first kappa shape index (κ1) is 20.7. The van der Waals surface area contributed by atoms with Crippen LogP contribution in [0.25, 0.3) is 0 Å². The summed E-state index contributed by atoms with van der Waals surface area (Å²) in [5.41, 5.74) is 5.13. The van der Waals surface area contributed by atoms with Gasteiger partial charge in [0, 0.05) is 37.6 Å². The average Bonchev–Trinajstić information content (AvgIpc) is 2.68. The molecule has 6 nitrogen and oxygen atoms in total. The molecule has 1 heterocycles. The fourth-order valence-corrected chi connectivity index (χ4v) is 4.17. The van der Waals surface area contributed by atoms with Gasteiger partial charge < -0.3 is 20.7 Å².